The van der Waals surface area contributed by atoms with Crippen LogP contribution in [0, 0.1) is 0 Å². The summed E-state index contributed by atoms with van der Waals surface area (Å²) in [4.78, 5) is 0. The van der Waals surface area contributed by atoms with E-state index in [0.29, 0.717) is 29.8 Å². The van der Waals surface area contributed by atoms with E-state index in [1.165, 1.54) is 0 Å². The van der Waals surface area contributed by atoms with Crippen molar-refractivity contribution in [2.24, 2.45) is 0 Å². The van der Waals surface area contributed by atoms with Crippen molar-refractivity contribution in [2.45, 2.75) is 103 Å². The largest absolute Gasteiger partial charge is 0.497 e. The number of ether oxygens (including phenoxy) is 4. The minimum absolute atomic E-state index is 0.0802. The highest BCUT2D eigenvalue weighted by Crippen LogP contribution is 2.44. The fourth-order valence-electron chi connectivity index (χ4n) is 5.05. The summed E-state index contributed by atoms with van der Waals surface area (Å²) in [7, 11) is 1.31. The molecule has 2 atom stereocenters. The van der Waals surface area contributed by atoms with Gasteiger partial charge in [0.25, 0.3) is 0 Å². The predicted octanol–water partition coefficient (Wildman–Crippen LogP) is 7.51. The topological polar surface area (TPSA) is 46.2 Å². The monoisotopic (exact) mass is 494 g/mol. The second-order valence-corrected chi connectivity index (χ2v) is 15.7. The van der Waals surface area contributed by atoms with Gasteiger partial charge in [-0.1, -0.05) is 65.8 Å². The molecule has 0 aliphatic carbocycles. The van der Waals surface area contributed by atoms with E-state index >= 15 is 0 Å². The Morgan fingerprint density at radius 1 is 0.941 bits per heavy atom. The Bertz CT molecular complexity index is 665. The third-order valence-electron chi connectivity index (χ3n) is 6.73. The summed E-state index contributed by atoms with van der Waals surface area (Å²) in [6, 6.07) is 8.02. The van der Waals surface area contributed by atoms with Crippen molar-refractivity contribution in [1.82, 2.24) is 0 Å². The second-order valence-electron chi connectivity index (χ2n) is 10.2. The summed E-state index contributed by atoms with van der Waals surface area (Å²) in [6.45, 7) is 21.7. The van der Waals surface area contributed by atoms with Gasteiger partial charge in [0.05, 0.1) is 19.8 Å². The summed E-state index contributed by atoms with van der Waals surface area (Å²) in [6.07, 6.45) is 2.68. The minimum atomic E-state index is -2.02. The van der Waals surface area contributed by atoms with E-state index in [0.717, 1.165) is 36.1 Å². The molecule has 0 saturated heterocycles. The summed E-state index contributed by atoms with van der Waals surface area (Å²) in [5.74, 6) is 0.861. The lowest BCUT2D eigenvalue weighted by molar-refractivity contribution is -0.0710. The van der Waals surface area contributed by atoms with Gasteiger partial charge < -0.3 is 23.4 Å². The molecule has 0 aliphatic heterocycles. The minimum Gasteiger partial charge on any atom is -0.497 e. The third-order valence-corrected chi connectivity index (χ3v) is 12.9. The molecule has 1 rings (SSSR count). The quantitative estimate of drug-likeness (QED) is 0.0914. The van der Waals surface area contributed by atoms with E-state index in [-0.39, 0.29) is 19.0 Å². The van der Waals surface area contributed by atoms with Gasteiger partial charge in [-0.25, -0.2) is 0 Å². The SMILES string of the molecule is C=C(C)[C@@H](C[C@H](CCCOCc1ccc(OC)cc1)O[Si](C(C)C)(C(C)C)C(C)C)OCOC. The van der Waals surface area contributed by atoms with E-state index in [2.05, 4.69) is 48.1 Å². The molecule has 1 aromatic carbocycles. The van der Waals surface area contributed by atoms with Crippen LogP contribution in [0.5, 0.6) is 5.75 Å². The van der Waals surface area contributed by atoms with E-state index in [9.17, 15) is 0 Å². The molecule has 0 aliphatic rings. The zero-order valence-electron chi connectivity index (χ0n) is 23.2. The second kappa shape index (κ2) is 15.7. The zero-order chi connectivity index (χ0) is 25.7. The van der Waals surface area contributed by atoms with Crippen molar-refractivity contribution in [1.29, 1.82) is 0 Å². The maximum atomic E-state index is 7.18. The lowest BCUT2D eigenvalue weighted by atomic mass is 10.0. The molecule has 0 amide bonds. The van der Waals surface area contributed by atoms with Crippen molar-refractivity contribution in [3.63, 3.8) is 0 Å². The first-order valence-electron chi connectivity index (χ1n) is 12.7. The molecule has 0 aromatic heterocycles. The molecule has 196 valence electrons. The molecule has 0 unspecified atom stereocenters. The first-order valence-corrected chi connectivity index (χ1v) is 14.9. The van der Waals surface area contributed by atoms with Crippen LogP contribution >= 0.6 is 0 Å². The van der Waals surface area contributed by atoms with Crippen LogP contribution in [0.15, 0.2) is 36.4 Å². The Labute approximate surface area is 210 Å². The summed E-state index contributed by atoms with van der Waals surface area (Å²) in [5.41, 5.74) is 3.75. The molecule has 34 heavy (non-hydrogen) atoms. The van der Waals surface area contributed by atoms with Crippen LogP contribution in [0.2, 0.25) is 16.6 Å². The molecule has 0 radical (unpaired) electrons. The fraction of sp³-hybridized carbons (Fsp3) is 0.714. The molecular formula is C28H50O5Si. The first-order chi connectivity index (χ1) is 16.1. The zero-order valence-corrected chi connectivity index (χ0v) is 24.2. The Kier molecular flexibility index (Phi) is 14.3. The van der Waals surface area contributed by atoms with Crippen molar-refractivity contribution in [3.05, 3.63) is 42.0 Å². The van der Waals surface area contributed by atoms with Gasteiger partial charge >= 0.3 is 0 Å². The fourth-order valence-corrected chi connectivity index (χ4v) is 10.7. The summed E-state index contributed by atoms with van der Waals surface area (Å²) >= 11 is 0. The van der Waals surface area contributed by atoms with Crippen molar-refractivity contribution < 1.29 is 23.4 Å². The smallest absolute Gasteiger partial charge is 0.200 e. The Morgan fingerprint density at radius 3 is 2.00 bits per heavy atom. The van der Waals surface area contributed by atoms with Gasteiger partial charge in [-0.15, -0.1) is 0 Å². The highest BCUT2D eigenvalue weighted by atomic mass is 28.4. The average Bonchev–Trinajstić information content (AvgIpc) is 2.78. The molecule has 1 aromatic rings. The number of methoxy groups -OCH3 is 2. The van der Waals surface area contributed by atoms with Crippen molar-refractivity contribution >= 4 is 8.32 Å². The Morgan fingerprint density at radius 2 is 1.53 bits per heavy atom. The van der Waals surface area contributed by atoms with Crippen LogP contribution in [0.4, 0.5) is 0 Å². The number of hydrogen-bond acceptors (Lipinski definition) is 5. The third kappa shape index (κ3) is 9.46. The van der Waals surface area contributed by atoms with Gasteiger partial charge in [0, 0.05) is 26.2 Å². The summed E-state index contributed by atoms with van der Waals surface area (Å²) < 4.78 is 29.5. The molecule has 0 heterocycles. The van der Waals surface area contributed by atoms with E-state index < -0.39 is 8.32 Å². The normalized spacial score (nSPS) is 14.1. The lowest BCUT2D eigenvalue weighted by Gasteiger charge is -2.45. The van der Waals surface area contributed by atoms with Crippen LogP contribution in [0.1, 0.15) is 73.3 Å². The van der Waals surface area contributed by atoms with Gasteiger partial charge in [-0.3, -0.25) is 0 Å². The van der Waals surface area contributed by atoms with Crippen molar-refractivity contribution in [3.8, 4) is 5.75 Å². The molecule has 0 bridgehead atoms. The molecule has 6 heteroatoms. The van der Waals surface area contributed by atoms with Crippen LogP contribution in [0.3, 0.4) is 0 Å². The molecular weight excluding hydrogens is 444 g/mol. The van der Waals surface area contributed by atoms with Gasteiger partial charge in [0.1, 0.15) is 12.5 Å². The van der Waals surface area contributed by atoms with Gasteiger partial charge in [0.15, 0.2) is 0 Å². The Balaban J connectivity index is 2.85. The molecule has 0 saturated carbocycles. The highest BCUT2D eigenvalue weighted by Gasteiger charge is 2.46. The maximum Gasteiger partial charge on any atom is 0.200 e. The van der Waals surface area contributed by atoms with Gasteiger partial charge in [0.2, 0.25) is 8.32 Å². The molecule has 5 nitrogen and oxygen atoms in total. The Hall–Kier alpha value is -1.18. The van der Waals surface area contributed by atoms with Gasteiger partial charge in [-0.05, 0) is 54.1 Å². The van der Waals surface area contributed by atoms with E-state index in [1.807, 2.05) is 31.2 Å². The number of hydrogen-bond donors (Lipinski definition) is 0. The van der Waals surface area contributed by atoms with Crippen LogP contribution < -0.4 is 4.74 Å². The molecule has 0 N–H and O–H groups in total. The molecule has 0 fully saturated rings. The van der Waals surface area contributed by atoms with E-state index in [4.69, 9.17) is 23.4 Å². The van der Waals surface area contributed by atoms with Crippen molar-refractivity contribution in [2.75, 3.05) is 27.6 Å². The highest BCUT2D eigenvalue weighted by molar-refractivity contribution is 6.77. The van der Waals surface area contributed by atoms with Crippen LogP contribution in [0.25, 0.3) is 0 Å². The number of rotatable bonds is 18. The maximum absolute atomic E-state index is 7.18. The van der Waals surface area contributed by atoms with E-state index in [1.54, 1.807) is 14.2 Å². The first kappa shape index (κ1) is 30.8. The van der Waals surface area contributed by atoms with Crippen LogP contribution in [-0.4, -0.2) is 48.1 Å². The predicted molar refractivity (Wildman–Crippen MR) is 144 cm³/mol. The standard InChI is InChI=1S/C28H50O5Si/c1-21(2)28(32-20-29-9)18-27(33-34(22(3)4,23(5)6)24(7)8)12-11-17-31-19-25-13-15-26(30-10)16-14-25/h13-16,22-24,27-28H,1,11-12,17-20H2,2-10H3/t27-,28+/m0/s1. The lowest BCUT2D eigenvalue weighted by Crippen LogP contribution is -2.50. The van der Waals surface area contributed by atoms with Gasteiger partial charge in [-0.2, -0.15) is 0 Å². The average molecular weight is 495 g/mol. The van der Waals surface area contributed by atoms with Crippen LogP contribution in [-0.2, 0) is 25.2 Å². The summed E-state index contributed by atoms with van der Waals surface area (Å²) in [5, 5.41) is 0. The molecule has 0 spiro atoms. The number of benzene rings is 1.